The van der Waals surface area contributed by atoms with Crippen molar-refractivity contribution in [3.63, 3.8) is 0 Å². The van der Waals surface area contributed by atoms with Crippen LogP contribution in [0.15, 0.2) is 74.7 Å². The van der Waals surface area contributed by atoms with Gasteiger partial charge in [0.15, 0.2) is 0 Å². The molecule has 6 nitrogen and oxygen atoms in total. The van der Waals surface area contributed by atoms with Crippen LogP contribution in [0.3, 0.4) is 0 Å². The van der Waals surface area contributed by atoms with Crippen LogP contribution in [0.25, 0.3) is 0 Å². The van der Waals surface area contributed by atoms with Crippen molar-refractivity contribution in [2.45, 2.75) is 53.2 Å². The van der Waals surface area contributed by atoms with Crippen LogP contribution in [-0.2, 0) is 26.0 Å². The molecule has 1 N–H and O–H groups in total. The number of nitrogens with one attached hydrogen (secondary N) is 1. The monoisotopic (exact) mass is 629 g/mol. The Morgan fingerprint density at radius 3 is 2.80 bits per heavy atom. The lowest BCUT2D eigenvalue weighted by molar-refractivity contribution is 0.0947. The van der Waals surface area contributed by atoms with Crippen LogP contribution in [0.2, 0.25) is 0 Å². The third-order valence-electron chi connectivity index (χ3n) is 7.51. The average molecular weight is 631 g/mol. The van der Waals surface area contributed by atoms with E-state index >= 15 is 0 Å². The zero-order chi connectivity index (χ0) is 29.0. The van der Waals surface area contributed by atoms with E-state index in [1.165, 1.54) is 4.88 Å². The minimum Gasteiger partial charge on any atom is -0.488 e. The van der Waals surface area contributed by atoms with Gasteiger partial charge in [0.05, 0.1) is 34.5 Å². The third kappa shape index (κ3) is 6.80. The molecule has 0 unspecified atom stereocenters. The van der Waals surface area contributed by atoms with E-state index in [1.54, 1.807) is 29.9 Å². The SMILES string of the molecule is CC(C)(C)[C@H]1CCc2c(sc(N=Cc3ccc(OCc4ccccc4C#N)c(Br)c3)c2C(=O)NCc2ccco2)C1. The van der Waals surface area contributed by atoms with Crippen molar-refractivity contribution in [3.05, 3.63) is 104 Å². The van der Waals surface area contributed by atoms with Gasteiger partial charge in [0, 0.05) is 16.7 Å². The van der Waals surface area contributed by atoms with E-state index in [0.717, 1.165) is 45.4 Å². The number of hydrogen-bond donors (Lipinski definition) is 1. The fourth-order valence-corrected chi connectivity index (χ4v) is 6.84. The number of carbonyl (C=O) groups is 1. The molecule has 41 heavy (non-hydrogen) atoms. The minimum absolute atomic E-state index is 0.122. The van der Waals surface area contributed by atoms with Gasteiger partial charge in [-0.1, -0.05) is 39.0 Å². The lowest BCUT2D eigenvalue weighted by Crippen LogP contribution is -2.28. The summed E-state index contributed by atoms with van der Waals surface area (Å²) in [6.07, 6.45) is 6.29. The number of furan rings is 1. The Hall–Kier alpha value is -3.67. The molecule has 210 valence electrons. The first kappa shape index (κ1) is 28.8. The molecule has 1 aliphatic carbocycles. The highest BCUT2D eigenvalue weighted by molar-refractivity contribution is 9.10. The molecule has 1 atom stereocenters. The van der Waals surface area contributed by atoms with Crippen molar-refractivity contribution in [3.8, 4) is 11.8 Å². The Bertz CT molecular complexity index is 1610. The highest BCUT2D eigenvalue weighted by atomic mass is 79.9. The number of nitriles is 1. The van der Waals surface area contributed by atoms with Crippen molar-refractivity contribution in [1.82, 2.24) is 5.32 Å². The topological polar surface area (TPSA) is 87.6 Å². The van der Waals surface area contributed by atoms with Gasteiger partial charge in [0.2, 0.25) is 0 Å². The molecule has 0 bridgehead atoms. The second-order valence-corrected chi connectivity index (χ2v) is 13.2. The van der Waals surface area contributed by atoms with Crippen molar-refractivity contribution in [2.24, 2.45) is 16.3 Å². The predicted molar refractivity (Wildman–Crippen MR) is 166 cm³/mol. The number of fused-ring (bicyclic) bond motifs is 1. The van der Waals surface area contributed by atoms with E-state index in [4.69, 9.17) is 14.1 Å². The Balaban J connectivity index is 1.37. The Morgan fingerprint density at radius 2 is 2.07 bits per heavy atom. The zero-order valence-corrected chi connectivity index (χ0v) is 25.8. The van der Waals surface area contributed by atoms with Crippen LogP contribution < -0.4 is 10.1 Å². The van der Waals surface area contributed by atoms with Gasteiger partial charge in [-0.05, 0) is 94.1 Å². The van der Waals surface area contributed by atoms with Crippen molar-refractivity contribution in [1.29, 1.82) is 5.26 Å². The van der Waals surface area contributed by atoms with Crippen LogP contribution in [0.5, 0.6) is 5.75 Å². The molecule has 0 spiro atoms. The summed E-state index contributed by atoms with van der Waals surface area (Å²) in [6, 6.07) is 19.0. The molecule has 0 saturated carbocycles. The third-order valence-corrected chi connectivity index (χ3v) is 9.29. The van der Waals surface area contributed by atoms with Gasteiger partial charge in [-0.25, -0.2) is 4.99 Å². The lowest BCUT2D eigenvalue weighted by atomic mass is 9.72. The first-order chi connectivity index (χ1) is 19.7. The fourth-order valence-electron chi connectivity index (χ4n) is 5.06. The van der Waals surface area contributed by atoms with Crippen LogP contribution in [0, 0.1) is 22.7 Å². The Labute approximate surface area is 253 Å². The largest absolute Gasteiger partial charge is 0.488 e. The number of nitrogens with zero attached hydrogens (tertiary/aromatic N) is 2. The minimum atomic E-state index is -0.122. The second kappa shape index (κ2) is 12.5. The maximum atomic E-state index is 13.5. The Morgan fingerprint density at radius 1 is 1.24 bits per heavy atom. The molecule has 2 heterocycles. The number of benzene rings is 2. The molecular weight excluding hydrogens is 598 g/mol. The molecule has 5 rings (SSSR count). The number of ether oxygens (including phenoxy) is 1. The standard InChI is InChI=1S/C33H32BrN3O3S/c1-33(2,3)24-11-12-26-29(16-24)41-32(30(26)31(38)36-19-25-9-6-14-39-25)37-18-21-10-13-28(27(34)15-21)40-20-23-8-5-4-7-22(23)17-35/h4-10,13-15,18,24H,11-12,16,19-20H2,1-3H3,(H,36,38)/t24-/m0/s1. The predicted octanol–water partition coefficient (Wildman–Crippen LogP) is 8.39. The van der Waals surface area contributed by atoms with Gasteiger partial charge in [0.1, 0.15) is 23.1 Å². The molecule has 2 aromatic carbocycles. The van der Waals surface area contributed by atoms with Crippen molar-refractivity contribution >= 4 is 44.4 Å². The maximum Gasteiger partial charge on any atom is 0.255 e. The number of amides is 1. The van der Waals surface area contributed by atoms with Crippen LogP contribution >= 0.6 is 27.3 Å². The summed E-state index contributed by atoms with van der Waals surface area (Å²) in [6.45, 7) is 7.50. The van der Waals surface area contributed by atoms with Gasteiger partial charge in [-0.15, -0.1) is 11.3 Å². The number of hydrogen-bond acceptors (Lipinski definition) is 6. The first-order valence-corrected chi connectivity index (χ1v) is 15.2. The highest BCUT2D eigenvalue weighted by Crippen LogP contribution is 2.45. The number of rotatable bonds is 8. The number of halogens is 1. The lowest BCUT2D eigenvalue weighted by Gasteiger charge is -2.33. The summed E-state index contributed by atoms with van der Waals surface area (Å²) >= 11 is 5.23. The number of aliphatic imine (C=N–C) groups is 1. The smallest absolute Gasteiger partial charge is 0.255 e. The molecule has 4 aromatic rings. The molecule has 0 saturated heterocycles. The van der Waals surface area contributed by atoms with E-state index in [-0.39, 0.29) is 11.3 Å². The Kier molecular flexibility index (Phi) is 8.77. The molecule has 0 radical (unpaired) electrons. The zero-order valence-electron chi connectivity index (χ0n) is 23.4. The molecule has 0 aliphatic heterocycles. The number of thiophene rings is 1. The summed E-state index contributed by atoms with van der Waals surface area (Å²) in [4.78, 5) is 19.5. The van der Waals surface area contributed by atoms with Crippen molar-refractivity contribution in [2.75, 3.05) is 0 Å². The normalized spacial score (nSPS) is 15.0. The first-order valence-electron chi connectivity index (χ1n) is 13.6. The van der Waals surface area contributed by atoms with Gasteiger partial charge in [-0.3, -0.25) is 4.79 Å². The average Bonchev–Trinajstić information content (AvgIpc) is 3.61. The van der Waals surface area contributed by atoms with Gasteiger partial charge < -0.3 is 14.5 Å². The summed E-state index contributed by atoms with van der Waals surface area (Å²) in [7, 11) is 0. The molecule has 0 fully saturated rings. The second-order valence-electron chi connectivity index (χ2n) is 11.3. The van der Waals surface area contributed by atoms with Gasteiger partial charge >= 0.3 is 0 Å². The van der Waals surface area contributed by atoms with E-state index < -0.39 is 0 Å². The van der Waals surface area contributed by atoms with Gasteiger partial charge in [-0.2, -0.15) is 5.26 Å². The van der Waals surface area contributed by atoms with Crippen LogP contribution in [-0.4, -0.2) is 12.1 Å². The summed E-state index contributed by atoms with van der Waals surface area (Å²) in [5.41, 5.74) is 4.32. The van der Waals surface area contributed by atoms with Crippen molar-refractivity contribution < 1.29 is 13.9 Å². The van der Waals surface area contributed by atoms with E-state index in [1.807, 2.05) is 48.5 Å². The molecule has 2 aromatic heterocycles. The number of carbonyl (C=O) groups excluding carboxylic acids is 1. The quantitative estimate of drug-likeness (QED) is 0.198. The van der Waals surface area contributed by atoms with E-state index in [9.17, 15) is 10.1 Å². The maximum absolute atomic E-state index is 13.5. The summed E-state index contributed by atoms with van der Waals surface area (Å²) in [5, 5.41) is 13.1. The van der Waals surface area contributed by atoms with Gasteiger partial charge in [0.25, 0.3) is 5.91 Å². The summed E-state index contributed by atoms with van der Waals surface area (Å²) in [5.74, 6) is 1.83. The summed E-state index contributed by atoms with van der Waals surface area (Å²) < 4.78 is 12.2. The van der Waals surface area contributed by atoms with Crippen LogP contribution in [0.1, 0.15) is 70.4 Å². The van der Waals surface area contributed by atoms with E-state index in [0.29, 0.717) is 41.7 Å². The molecule has 8 heteroatoms. The molecular formula is C33H32BrN3O3S. The fraction of sp³-hybridized carbons (Fsp3) is 0.303. The van der Waals surface area contributed by atoms with E-state index in [2.05, 4.69) is 48.1 Å². The molecule has 1 amide bonds. The highest BCUT2D eigenvalue weighted by Gasteiger charge is 2.33. The molecule has 1 aliphatic rings. The van der Waals surface area contributed by atoms with Crippen LogP contribution in [0.4, 0.5) is 5.00 Å².